The molecule has 0 spiro atoms. The van der Waals surface area contributed by atoms with Gasteiger partial charge in [0.2, 0.25) is 0 Å². The minimum Gasteiger partial charge on any atom is -0.350 e. The van der Waals surface area contributed by atoms with Gasteiger partial charge in [0.05, 0.1) is 20.3 Å². The van der Waals surface area contributed by atoms with Crippen molar-refractivity contribution in [2.75, 3.05) is 12.8 Å². The van der Waals surface area contributed by atoms with E-state index in [4.69, 9.17) is 11.6 Å². The maximum atomic E-state index is 12.0. The molecule has 1 rings (SSSR count). The first kappa shape index (κ1) is 17.4. The molecule has 0 aromatic heterocycles. The van der Waals surface area contributed by atoms with Crippen LogP contribution in [0.3, 0.4) is 0 Å². The number of hydrogen-bond acceptors (Lipinski definition) is 5. The maximum Gasteiger partial charge on any atom is 0.270 e. The molecule has 9 heteroatoms. The van der Waals surface area contributed by atoms with Crippen LogP contribution in [0.4, 0.5) is 5.69 Å². The van der Waals surface area contributed by atoms with Gasteiger partial charge in [-0.25, -0.2) is 8.42 Å². The topological polar surface area (TPSA) is 106 Å². The van der Waals surface area contributed by atoms with Crippen LogP contribution in [0.25, 0.3) is 0 Å². The molecule has 0 aliphatic rings. The summed E-state index contributed by atoms with van der Waals surface area (Å²) in [5.74, 6) is -0.666. The zero-order valence-corrected chi connectivity index (χ0v) is 13.3. The first-order valence-corrected chi connectivity index (χ1v) is 8.14. The molecule has 21 heavy (non-hydrogen) atoms. The molecule has 1 aromatic rings. The predicted molar refractivity (Wildman–Crippen MR) is 79.4 cm³/mol. The Morgan fingerprint density at radius 3 is 2.48 bits per heavy atom. The van der Waals surface area contributed by atoms with E-state index >= 15 is 0 Å². The minimum atomic E-state index is -3.37. The molecule has 0 saturated carbocycles. The van der Waals surface area contributed by atoms with Gasteiger partial charge < -0.3 is 5.32 Å². The van der Waals surface area contributed by atoms with Crippen molar-refractivity contribution in [2.45, 2.75) is 18.6 Å². The van der Waals surface area contributed by atoms with Crippen molar-refractivity contribution in [1.82, 2.24) is 5.32 Å². The second-order valence-corrected chi connectivity index (χ2v) is 8.19. The number of hydrogen-bond donors (Lipinski definition) is 1. The average Bonchev–Trinajstić information content (AvgIpc) is 2.35. The van der Waals surface area contributed by atoms with Crippen LogP contribution in [-0.4, -0.2) is 36.8 Å². The lowest BCUT2D eigenvalue weighted by Gasteiger charge is -2.22. The maximum absolute atomic E-state index is 12.0. The number of nitrogens with zero attached hydrogens (tertiary/aromatic N) is 1. The fourth-order valence-corrected chi connectivity index (χ4v) is 1.86. The number of amides is 1. The van der Waals surface area contributed by atoms with Gasteiger partial charge in [0.25, 0.3) is 11.6 Å². The third-order valence-corrected chi connectivity index (χ3v) is 5.57. The fraction of sp³-hybridized carbons (Fsp3) is 0.417. The lowest BCUT2D eigenvalue weighted by molar-refractivity contribution is -0.384. The van der Waals surface area contributed by atoms with Crippen LogP contribution in [0.5, 0.6) is 0 Å². The summed E-state index contributed by atoms with van der Waals surface area (Å²) in [6.45, 7) is 2.80. The first-order valence-electron chi connectivity index (χ1n) is 5.87. The summed E-state index contributed by atoms with van der Waals surface area (Å²) in [6, 6.07) is 3.47. The molecule has 1 aromatic carbocycles. The highest BCUT2D eigenvalue weighted by molar-refractivity contribution is 7.92. The number of carbonyl (C=O) groups excluding carboxylic acids is 1. The number of benzene rings is 1. The highest BCUT2D eigenvalue weighted by Gasteiger charge is 2.31. The molecule has 116 valence electrons. The van der Waals surface area contributed by atoms with E-state index in [0.29, 0.717) is 0 Å². The van der Waals surface area contributed by atoms with Gasteiger partial charge in [0.15, 0.2) is 9.84 Å². The number of rotatable bonds is 5. The molecule has 0 saturated heterocycles. The third-order valence-electron chi connectivity index (χ3n) is 3.08. The molecule has 7 nitrogen and oxygen atoms in total. The van der Waals surface area contributed by atoms with Gasteiger partial charge in [-0.2, -0.15) is 0 Å². The van der Waals surface area contributed by atoms with Gasteiger partial charge in [-0.1, -0.05) is 11.6 Å². The molecule has 1 amide bonds. The zero-order chi connectivity index (χ0) is 16.4. The van der Waals surface area contributed by atoms with Gasteiger partial charge in [0.1, 0.15) is 0 Å². The quantitative estimate of drug-likeness (QED) is 0.652. The highest BCUT2D eigenvalue weighted by Crippen LogP contribution is 2.22. The van der Waals surface area contributed by atoms with Crippen molar-refractivity contribution in [3.8, 4) is 0 Å². The van der Waals surface area contributed by atoms with Crippen LogP contribution in [0.2, 0.25) is 5.02 Å². The van der Waals surface area contributed by atoms with Crippen molar-refractivity contribution >= 4 is 33.0 Å². The average molecular weight is 335 g/mol. The molecular weight excluding hydrogens is 320 g/mol. The molecule has 0 bridgehead atoms. The van der Waals surface area contributed by atoms with Crippen molar-refractivity contribution in [1.29, 1.82) is 0 Å². The predicted octanol–water partition coefficient (Wildman–Crippen LogP) is 1.80. The molecule has 0 aliphatic carbocycles. The Kier molecular flexibility index (Phi) is 4.95. The summed E-state index contributed by atoms with van der Waals surface area (Å²) in [5, 5.41) is 13.2. The van der Waals surface area contributed by atoms with E-state index < -0.39 is 25.4 Å². The SMILES string of the molecule is CC(C)(CNC(=O)c1cc([N+](=O)[O-])ccc1Cl)S(C)(=O)=O. The van der Waals surface area contributed by atoms with E-state index in [1.807, 2.05) is 0 Å². The standard InChI is InChI=1S/C12H15ClN2O5S/c1-12(2,21(3,19)20)7-14-11(16)9-6-8(15(17)18)4-5-10(9)13/h4-6H,7H2,1-3H3,(H,14,16). The molecule has 0 radical (unpaired) electrons. The molecule has 0 aliphatic heterocycles. The van der Waals surface area contributed by atoms with Crippen molar-refractivity contribution in [2.24, 2.45) is 0 Å². The van der Waals surface area contributed by atoms with E-state index in [9.17, 15) is 23.3 Å². The van der Waals surface area contributed by atoms with Gasteiger partial charge in [-0.15, -0.1) is 0 Å². The van der Waals surface area contributed by atoms with Crippen molar-refractivity contribution in [3.05, 3.63) is 38.9 Å². The number of carbonyl (C=O) groups is 1. The first-order chi connectivity index (χ1) is 9.45. The Morgan fingerprint density at radius 1 is 1.43 bits per heavy atom. The van der Waals surface area contributed by atoms with Crippen LogP contribution in [-0.2, 0) is 9.84 Å². The third kappa shape index (κ3) is 4.15. The smallest absolute Gasteiger partial charge is 0.270 e. The van der Waals surface area contributed by atoms with Crippen molar-refractivity contribution in [3.63, 3.8) is 0 Å². The Bertz CT molecular complexity index is 685. The molecule has 0 unspecified atom stereocenters. The summed E-state index contributed by atoms with van der Waals surface area (Å²) in [5.41, 5.74) is -0.345. The van der Waals surface area contributed by atoms with Crippen LogP contribution in [0.15, 0.2) is 18.2 Å². The van der Waals surface area contributed by atoms with E-state index in [0.717, 1.165) is 12.3 Å². The largest absolute Gasteiger partial charge is 0.350 e. The second kappa shape index (κ2) is 5.98. The second-order valence-electron chi connectivity index (χ2n) is 5.14. The monoisotopic (exact) mass is 334 g/mol. The number of sulfone groups is 1. The van der Waals surface area contributed by atoms with Crippen LogP contribution >= 0.6 is 11.6 Å². The molecule has 0 fully saturated rings. The molecule has 0 heterocycles. The number of halogens is 1. The number of nitro groups is 1. The Hall–Kier alpha value is -1.67. The van der Waals surface area contributed by atoms with Gasteiger partial charge >= 0.3 is 0 Å². The Labute approximate surface area is 127 Å². The normalized spacial score (nSPS) is 12.0. The fourth-order valence-electron chi connectivity index (χ4n) is 1.32. The van der Waals surface area contributed by atoms with Crippen LogP contribution in [0.1, 0.15) is 24.2 Å². The molecule has 0 atom stereocenters. The lowest BCUT2D eigenvalue weighted by atomic mass is 10.1. The zero-order valence-electron chi connectivity index (χ0n) is 11.7. The number of nitrogens with one attached hydrogen (secondary N) is 1. The minimum absolute atomic E-state index is 0.0512. The molecular formula is C12H15ClN2O5S. The summed E-state index contributed by atoms with van der Waals surface area (Å²) >= 11 is 5.83. The Morgan fingerprint density at radius 2 is 2.00 bits per heavy atom. The van der Waals surface area contributed by atoms with Gasteiger partial charge in [-0.05, 0) is 19.9 Å². The van der Waals surface area contributed by atoms with Crippen LogP contribution < -0.4 is 5.32 Å². The Balaban J connectivity index is 2.96. The lowest BCUT2D eigenvalue weighted by Crippen LogP contribution is -2.43. The van der Waals surface area contributed by atoms with Gasteiger partial charge in [-0.3, -0.25) is 14.9 Å². The summed E-state index contributed by atoms with van der Waals surface area (Å²) in [4.78, 5) is 22.0. The van der Waals surface area contributed by atoms with Crippen molar-refractivity contribution < 1.29 is 18.1 Å². The molecule has 1 N–H and O–H groups in total. The van der Waals surface area contributed by atoms with Gasteiger partial charge in [0, 0.05) is 24.9 Å². The summed E-state index contributed by atoms with van der Waals surface area (Å²) in [6.07, 6.45) is 1.07. The van der Waals surface area contributed by atoms with E-state index in [1.54, 1.807) is 0 Å². The van der Waals surface area contributed by atoms with E-state index in [1.165, 1.54) is 26.0 Å². The number of non-ortho nitro benzene ring substituents is 1. The summed E-state index contributed by atoms with van der Waals surface area (Å²) < 4.78 is 21.9. The van der Waals surface area contributed by atoms with E-state index in [-0.39, 0.29) is 22.8 Å². The number of nitro benzene ring substituents is 1. The van der Waals surface area contributed by atoms with Crippen LogP contribution in [0, 0.1) is 10.1 Å². The van der Waals surface area contributed by atoms with E-state index in [2.05, 4.69) is 5.32 Å². The summed E-state index contributed by atoms with van der Waals surface area (Å²) in [7, 11) is -3.37. The highest BCUT2D eigenvalue weighted by atomic mass is 35.5.